The van der Waals surface area contributed by atoms with Crippen molar-refractivity contribution >= 4 is 23.3 Å². The van der Waals surface area contributed by atoms with Crippen LogP contribution in [0.1, 0.15) is 23.7 Å². The Morgan fingerprint density at radius 1 is 1.15 bits per heavy atom. The number of nitrogens with one attached hydrogen (secondary N) is 2. The molecule has 2 N–H and O–H groups in total. The molecule has 0 saturated carbocycles. The van der Waals surface area contributed by atoms with Crippen molar-refractivity contribution in [3.05, 3.63) is 64.7 Å². The van der Waals surface area contributed by atoms with Gasteiger partial charge in [0.2, 0.25) is 0 Å². The summed E-state index contributed by atoms with van der Waals surface area (Å²) in [5.74, 6) is 0. The molecule has 0 unspecified atom stereocenters. The summed E-state index contributed by atoms with van der Waals surface area (Å²) in [6.45, 7) is 4.33. The number of hydrogen-bond donors (Lipinski definition) is 2. The predicted molar refractivity (Wildman–Crippen MR) is 107 cm³/mol. The second-order valence-corrected chi connectivity index (χ2v) is 7.71. The summed E-state index contributed by atoms with van der Waals surface area (Å²) in [5.41, 5.74) is 2.82. The zero-order chi connectivity index (χ0) is 18.8. The van der Waals surface area contributed by atoms with Crippen LogP contribution in [0.3, 0.4) is 0 Å². The Kier molecular flexibility index (Phi) is 5.34. The summed E-state index contributed by atoms with van der Waals surface area (Å²) in [6.07, 6.45) is 0.997. The number of hydrogen-bond acceptors (Lipinski definition) is 3. The number of anilines is 1. The highest BCUT2D eigenvalue weighted by Gasteiger charge is 2.38. The number of carbonyl (C=O) groups excluding carboxylic acids is 1. The van der Waals surface area contributed by atoms with Gasteiger partial charge in [0, 0.05) is 25.2 Å². The third-order valence-corrected chi connectivity index (χ3v) is 5.70. The van der Waals surface area contributed by atoms with Crippen LogP contribution < -0.4 is 10.6 Å². The highest BCUT2D eigenvalue weighted by Crippen LogP contribution is 2.30. The molecule has 3 atom stereocenters. The van der Waals surface area contributed by atoms with Gasteiger partial charge in [-0.3, -0.25) is 4.90 Å². The molecule has 2 fully saturated rings. The van der Waals surface area contributed by atoms with Gasteiger partial charge in [-0.05, 0) is 30.5 Å². The van der Waals surface area contributed by atoms with Gasteiger partial charge in [-0.1, -0.05) is 54.1 Å². The zero-order valence-corrected chi connectivity index (χ0v) is 16.1. The lowest BCUT2D eigenvalue weighted by Crippen LogP contribution is -2.43. The fraction of sp³-hybridized carbons (Fsp3) is 0.381. The lowest BCUT2D eigenvalue weighted by atomic mass is 10.1. The van der Waals surface area contributed by atoms with Gasteiger partial charge in [-0.2, -0.15) is 0 Å². The van der Waals surface area contributed by atoms with Crippen LogP contribution in [0.5, 0.6) is 0 Å². The minimum Gasteiger partial charge on any atom is -0.371 e. The number of benzene rings is 2. The molecule has 27 heavy (non-hydrogen) atoms. The van der Waals surface area contributed by atoms with Gasteiger partial charge in [-0.15, -0.1) is 0 Å². The topological polar surface area (TPSA) is 53.6 Å². The summed E-state index contributed by atoms with van der Waals surface area (Å²) >= 11 is 6.20. The van der Waals surface area contributed by atoms with Gasteiger partial charge in [0.15, 0.2) is 0 Å². The number of para-hydroxylation sites is 1. The first-order valence-electron chi connectivity index (χ1n) is 9.33. The lowest BCUT2D eigenvalue weighted by molar-refractivity contribution is -0.0502. The average molecular weight is 386 g/mol. The number of ether oxygens (including phenoxy) is 1. The first kappa shape index (κ1) is 18.3. The van der Waals surface area contributed by atoms with E-state index in [9.17, 15) is 4.79 Å². The van der Waals surface area contributed by atoms with Crippen LogP contribution in [0.4, 0.5) is 10.5 Å². The van der Waals surface area contributed by atoms with Crippen molar-refractivity contribution in [3.63, 3.8) is 0 Å². The summed E-state index contributed by atoms with van der Waals surface area (Å²) in [4.78, 5) is 14.9. The minimum atomic E-state index is -0.212. The molecule has 2 amide bonds. The van der Waals surface area contributed by atoms with Gasteiger partial charge < -0.3 is 15.4 Å². The van der Waals surface area contributed by atoms with Crippen molar-refractivity contribution < 1.29 is 9.53 Å². The molecule has 142 valence electrons. The maximum atomic E-state index is 12.4. The Balaban J connectivity index is 1.34. The van der Waals surface area contributed by atoms with E-state index in [1.54, 1.807) is 6.07 Å². The highest BCUT2D eigenvalue weighted by molar-refractivity contribution is 6.33. The second-order valence-electron chi connectivity index (χ2n) is 7.30. The summed E-state index contributed by atoms with van der Waals surface area (Å²) < 4.78 is 6.07. The van der Waals surface area contributed by atoms with Crippen LogP contribution in [0.15, 0.2) is 48.5 Å². The van der Waals surface area contributed by atoms with E-state index in [0.29, 0.717) is 23.4 Å². The van der Waals surface area contributed by atoms with Crippen LogP contribution in [-0.2, 0) is 4.74 Å². The van der Waals surface area contributed by atoms with E-state index >= 15 is 0 Å². The molecule has 2 aliphatic heterocycles. The molecule has 2 aliphatic rings. The van der Waals surface area contributed by atoms with Crippen LogP contribution in [0.25, 0.3) is 0 Å². The number of rotatable bonds is 3. The molecule has 2 saturated heterocycles. The lowest BCUT2D eigenvalue weighted by Gasteiger charge is -2.35. The third-order valence-electron chi connectivity index (χ3n) is 5.39. The number of aryl methyl sites for hydroxylation is 1. The number of carbonyl (C=O) groups is 1. The molecule has 2 heterocycles. The van der Waals surface area contributed by atoms with Gasteiger partial charge >= 0.3 is 6.03 Å². The zero-order valence-electron chi connectivity index (χ0n) is 15.3. The molecular formula is C21H24ClN3O2. The minimum absolute atomic E-state index is 0.0980. The Morgan fingerprint density at radius 3 is 2.74 bits per heavy atom. The van der Waals surface area contributed by atoms with Crippen molar-refractivity contribution in [3.8, 4) is 0 Å². The monoisotopic (exact) mass is 385 g/mol. The molecule has 0 spiro atoms. The largest absolute Gasteiger partial charge is 0.371 e. The summed E-state index contributed by atoms with van der Waals surface area (Å²) in [5, 5.41) is 6.53. The van der Waals surface area contributed by atoms with E-state index in [4.69, 9.17) is 16.3 Å². The number of nitrogens with zero attached hydrogens (tertiary/aromatic N) is 1. The molecule has 0 bridgehead atoms. The Bertz CT molecular complexity index is 794. The van der Waals surface area contributed by atoms with Gasteiger partial charge in [0.05, 0.1) is 23.4 Å². The van der Waals surface area contributed by atoms with Crippen molar-refractivity contribution in [1.82, 2.24) is 10.2 Å². The van der Waals surface area contributed by atoms with E-state index in [0.717, 1.165) is 25.1 Å². The van der Waals surface area contributed by atoms with Crippen LogP contribution in [-0.4, -0.2) is 42.7 Å². The third kappa shape index (κ3) is 4.10. The van der Waals surface area contributed by atoms with Gasteiger partial charge in [-0.25, -0.2) is 4.79 Å². The first-order valence-corrected chi connectivity index (χ1v) is 9.71. The standard InChI is InChI=1S/C21H24ClN3O2/c1-14-6-5-9-18(22)20(14)24-21(26)23-16-10-17-13-27-19(12-25(17)11-16)15-7-3-2-4-8-15/h2-9,16-17,19H,10-13H2,1H3,(H2,23,24,26)/t16-,17+,19-/m1/s1. The van der Waals surface area contributed by atoms with Crippen LogP contribution >= 0.6 is 11.6 Å². The van der Waals surface area contributed by atoms with E-state index in [1.165, 1.54) is 5.56 Å². The van der Waals surface area contributed by atoms with E-state index in [2.05, 4.69) is 27.7 Å². The van der Waals surface area contributed by atoms with E-state index < -0.39 is 0 Å². The predicted octanol–water partition coefficient (Wildman–Crippen LogP) is 3.98. The number of urea groups is 1. The second kappa shape index (κ2) is 7.89. The van der Waals surface area contributed by atoms with Crippen molar-refractivity contribution in [2.45, 2.75) is 31.5 Å². The van der Waals surface area contributed by atoms with E-state index in [1.807, 2.05) is 37.3 Å². The molecule has 0 aliphatic carbocycles. The molecule has 4 rings (SSSR count). The van der Waals surface area contributed by atoms with Crippen molar-refractivity contribution in [1.29, 1.82) is 0 Å². The molecule has 0 radical (unpaired) electrons. The Hall–Kier alpha value is -2.08. The van der Waals surface area contributed by atoms with Crippen LogP contribution in [0.2, 0.25) is 5.02 Å². The Labute approximate surface area is 164 Å². The normalized spacial score (nSPS) is 25.0. The quantitative estimate of drug-likeness (QED) is 0.840. The SMILES string of the molecule is Cc1cccc(Cl)c1NC(=O)N[C@@H]1C[C@H]2CO[C@@H](c3ccccc3)CN2C1. The van der Waals surface area contributed by atoms with Gasteiger partial charge in [0.25, 0.3) is 0 Å². The molecule has 5 nitrogen and oxygen atoms in total. The maximum Gasteiger partial charge on any atom is 0.319 e. The highest BCUT2D eigenvalue weighted by atomic mass is 35.5. The molecule has 0 aromatic heterocycles. The van der Waals surface area contributed by atoms with E-state index in [-0.39, 0.29) is 18.2 Å². The average Bonchev–Trinajstić information content (AvgIpc) is 3.07. The maximum absolute atomic E-state index is 12.4. The van der Waals surface area contributed by atoms with Crippen molar-refractivity contribution in [2.24, 2.45) is 0 Å². The number of amides is 2. The fourth-order valence-electron chi connectivity index (χ4n) is 3.97. The number of morpholine rings is 1. The van der Waals surface area contributed by atoms with Crippen LogP contribution in [0, 0.1) is 6.92 Å². The Morgan fingerprint density at radius 2 is 1.96 bits per heavy atom. The smallest absolute Gasteiger partial charge is 0.319 e. The number of fused-ring (bicyclic) bond motifs is 1. The molecule has 2 aromatic carbocycles. The fourth-order valence-corrected chi connectivity index (χ4v) is 4.24. The first-order chi connectivity index (χ1) is 13.1. The molecule has 6 heteroatoms. The summed E-state index contributed by atoms with van der Waals surface area (Å²) in [6, 6.07) is 16.2. The summed E-state index contributed by atoms with van der Waals surface area (Å²) in [7, 11) is 0. The van der Waals surface area contributed by atoms with Crippen molar-refractivity contribution in [2.75, 3.05) is 25.0 Å². The number of halogens is 1. The molecular weight excluding hydrogens is 362 g/mol. The molecule has 2 aromatic rings. The van der Waals surface area contributed by atoms with Gasteiger partial charge in [0.1, 0.15) is 0 Å².